The number of hydrogen-bond acceptors (Lipinski definition) is 2. The second-order valence-corrected chi connectivity index (χ2v) is 6.60. The Balaban J connectivity index is 1.44. The number of benzene rings is 2. The van der Waals surface area contributed by atoms with Crippen molar-refractivity contribution in [1.29, 1.82) is 0 Å². The van der Waals surface area contributed by atoms with E-state index in [9.17, 15) is 13.6 Å². The molecule has 4 nitrogen and oxygen atoms in total. The van der Waals surface area contributed by atoms with E-state index < -0.39 is 0 Å². The molecule has 26 heavy (non-hydrogen) atoms. The van der Waals surface area contributed by atoms with Crippen LogP contribution in [-0.2, 0) is 5.41 Å². The molecule has 0 radical (unpaired) electrons. The largest absolute Gasteiger partial charge is 0.350 e. The summed E-state index contributed by atoms with van der Waals surface area (Å²) in [5.41, 5.74) is 1.73. The zero-order valence-electron chi connectivity index (χ0n) is 14.0. The van der Waals surface area contributed by atoms with Crippen molar-refractivity contribution in [3.8, 4) is 5.69 Å². The van der Waals surface area contributed by atoms with Crippen LogP contribution in [0.2, 0.25) is 0 Å². The lowest BCUT2D eigenvalue weighted by atomic mass is 9.96. The van der Waals surface area contributed by atoms with E-state index in [0.717, 1.165) is 18.4 Å². The summed E-state index contributed by atoms with van der Waals surface area (Å²) < 4.78 is 27.9. The van der Waals surface area contributed by atoms with E-state index in [0.29, 0.717) is 12.2 Å². The Morgan fingerprint density at radius 2 is 1.85 bits per heavy atom. The minimum atomic E-state index is -0.362. The molecule has 0 aliphatic heterocycles. The summed E-state index contributed by atoms with van der Waals surface area (Å²) in [6, 6.07) is 14.0. The molecule has 1 saturated carbocycles. The highest BCUT2D eigenvalue weighted by atomic mass is 19.1. The van der Waals surface area contributed by atoms with Gasteiger partial charge in [0.2, 0.25) is 0 Å². The molecule has 2 aromatic carbocycles. The van der Waals surface area contributed by atoms with Crippen LogP contribution in [0.15, 0.2) is 60.8 Å². The zero-order valence-corrected chi connectivity index (χ0v) is 14.0. The first-order valence-corrected chi connectivity index (χ1v) is 8.42. The highest BCUT2D eigenvalue weighted by Crippen LogP contribution is 2.47. The third kappa shape index (κ3) is 3.22. The summed E-state index contributed by atoms with van der Waals surface area (Å²) in [5, 5.41) is 7.12. The molecule has 1 aliphatic rings. The zero-order chi connectivity index (χ0) is 18.1. The average Bonchev–Trinajstić information content (AvgIpc) is 3.26. The highest BCUT2D eigenvalue weighted by molar-refractivity contribution is 5.92. The van der Waals surface area contributed by atoms with Gasteiger partial charge >= 0.3 is 0 Å². The Bertz CT molecular complexity index is 946. The van der Waals surface area contributed by atoms with Gasteiger partial charge in [-0.05, 0) is 54.8 Å². The highest BCUT2D eigenvalue weighted by Gasteiger charge is 2.44. The van der Waals surface area contributed by atoms with Crippen LogP contribution in [0.4, 0.5) is 8.78 Å². The smallest absolute Gasteiger partial charge is 0.271 e. The molecule has 1 N–H and O–H groups in total. The fourth-order valence-corrected chi connectivity index (χ4v) is 3.07. The summed E-state index contributed by atoms with van der Waals surface area (Å²) >= 11 is 0. The van der Waals surface area contributed by atoms with Crippen molar-refractivity contribution in [2.24, 2.45) is 0 Å². The van der Waals surface area contributed by atoms with Gasteiger partial charge in [0.15, 0.2) is 5.69 Å². The van der Waals surface area contributed by atoms with Gasteiger partial charge in [-0.1, -0.05) is 18.2 Å². The molecule has 1 heterocycles. The molecule has 0 atom stereocenters. The van der Waals surface area contributed by atoms with E-state index in [1.54, 1.807) is 36.5 Å². The van der Waals surface area contributed by atoms with Crippen LogP contribution in [0, 0.1) is 11.6 Å². The predicted molar refractivity (Wildman–Crippen MR) is 93.2 cm³/mol. The molecular weight excluding hydrogens is 336 g/mol. The number of carbonyl (C=O) groups is 1. The van der Waals surface area contributed by atoms with E-state index in [1.165, 1.54) is 28.9 Å². The first-order valence-electron chi connectivity index (χ1n) is 8.42. The molecule has 4 rings (SSSR count). The molecule has 6 heteroatoms. The number of hydrogen-bond donors (Lipinski definition) is 1. The normalized spacial score (nSPS) is 14.8. The Kier molecular flexibility index (Phi) is 4.03. The first-order chi connectivity index (χ1) is 12.6. The molecule has 0 unspecified atom stereocenters. The van der Waals surface area contributed by atoms with Crippen molar-refractivity contribution in [3.63, 3.8) is 0 Å². The lowest BCUT2D eigenvalue weighted by Crippen LogP contribution is -2.32. The van der Waals surface area contributed by atoms with Gasteiger partial charge in [0.1, 0.15) is 11.6 Å². The molecule has 0 saturated heterocycles. The molecule has 1 amide bonds. The lowest BCUT2D eigenvalue weighted by molar-refractivity contribution is 0.0944. The van der Waals surface area contributed by atoms with Crippen LogP contribution < -0.4 is 5.32 Å². The number of nitrogens with zero attached hydrogens (tertiary/aromatic N) is 2. The van der Waals surface area contributed by atoms with Crippen molar-refractivity contribution in [1.82, 2.24) is 15.1 Å². The van der Waals surface area contributed by atoms with Gasteiger partial charge in [-0.25, -0.2) is 13.5 Å². The summed E-state index contributed by atoms with van der Waals surface area (Å²) in [7, 11) is 0. The topological polar surface area (TPSA) is 46.9 Å². The number of nitrogens with one attached hydrogen (secondary N) is 1. The summed E-state index contributed by atoms with van der Waals surface area (Å²) in [6.07, 6.45) is 3.53. The van der Waals surface area contributed by atoms with Crippen molar-refractivity contribution < 1.29 is 13.6 Å². The number of rotatable bonds is 5. The predicted octanol–water partition coefficient (Wildman–Crippen LogP) is 3.61. The maximum atomic E-state index is 13.3. The van der Waals surface area contributed by atoms with Gasteiger partial charge in [0.25, 0.3) is 5.91 Å². The van der Waals surface area contributed by atoms with Crippen LogP contribution >= 0.6 is 0 Å². The van der Waals surface area contributed by atoms with Crippen molar-refractivity contribution in [3.05, 3.63) is 83.7 Å². The molecular formula is C20H17F2N3O. The van der Waals surface area contributed by atoms with Crippen molar-refractivity contribution in [2.45, 2.75) is 18.3 Å². The van der Waals surface area contributed by atoms with E-state index >= 15 is 0 Å². The monoisotopic (exact) mass is 353 g/mol. The molecule has 1 aliphatic carbocycles. The maximum absolute atomic E-state index is 13.3. The second kappa shape index (κ2) is 6.37. The summed E-state index contributed by atoms with van der Waals surface area (Å²) in [4.78, 5) is 12.4. The number of amides is 1. The van der Waals surface area contributed by atoms with Crippen molar-refractivity contribution >= 4 is 5.91 Å². The SMILES string of the molecule is O=C(NCC1(c2ccc(F)cc2)CC1)c1ccn(-c2cccc(F)c2)n1. The summed E-state index contributed by atoms with van der Waals surface area (Å²) in [5.74, 6) is -0.913. The Morgan fingerprint density at radius 3 is 2.54 bits per heavy atom. The fourth-order valence-electron chi connectivity index (χ4n) is 3.07. The number of halogens is 2. The summed E-state index contributed by atoms with van der Waals surface area (Å²) in [6.45, 7) is 0.476. The van der Waals surface area contributed by atoms with Crippen molar-refractivity contribution in [2.75, 3.05) is 6.54 Å². The maximum Gasteiger partial charge on any atom is 0.271 e. The standard InChI is InChI=1S/C20H17F2N3O/c21-15-6-4-14(5-7-15)20(9-10-20)13-23-19(26)18-8-11-25(24-18)17-3-1-2-16(22)12-17/h1-8,11-12H,9-10,13H2,(H,23,26). The Labute approximate surface area is 149 Å². The molecule has 0 spiro atoms. The molecule has 1 fully saturated rings. The third-order valence-electron chi connectivity index (χ3n) is 4.79. The molecule has 132 valence electrons. The van der Waals surface area contributed by atoms with E-state index in [1.807, 2.05) is 0 Å². The lowest BCUT2D eigenvalue weighted by Gasteiger charge is -2.16. The number of aromatic nitrogens is 2. The van der Waals surface area contributed by atoms with Crippen LogP contribution in [0.5, 0.6) is 0 Å². The first kappa shape index (κ1) is 16.4. The Hall–Kier alpha value is -3.02. The average molecular weight is 353 g/mol. The minimum Gasteiger partial charge on any atom is -0.350 e. The van der Waals surface area contributed by atoms with E-state index in [-0.39, 0.29) is 28.7 Å². The van der Waals surface area contributed by atoms with Gasteiger partial charge in [-0.2, -0.15) is 5.10 Å². The van der Waals surface area contributed by atoms with Gasteiger partial charge < -0.3 is 5.32 Å². The van der Waals surface area contributed by atoms with E-state index in [4.69, 9.17) is 0 Å². The van der Waals surface area contributed by atoms with E-state index in [2.05, 4.69) is 10.4 Å². The molecule has 0 bridgehead atoms. The van der Waals surface area contributed by atoms with Crippen LogP contribution in [0.1, 0.15) is 28.9 Å². The van der Waals surface area contributed by atoms with Crippen LogP contribution in [0.25, 0.3) is 5.69 Å². The number of carbonyl (C=O) groups excluding carboxylic acids is 1. The van der Waals surface area contributed by atoms with Gasteiger partial charge in [0, 0.05) is 18.2 Å². The minimum absolute atomic E-state index is 0.117. The van der Waals surface area contributed by atoms with Gasteiger partial charge in [-0.15, -0.1) is 0 Å². The van der Waals surface area contributed by atoms with Gasteiger partial charge in [0.05, 0.1) is 5.69 Å². The third-order valence-corrected chi connectivity index (χ3v) is 4.79. The molecule has 3 aromatic rings. The van der Waals surface area contributed by atoms with Crippen LogP contribution in [-0.4, -0.2) is 22.2 Å². The second-order valence-electron chi connectivity index (χ2n) is 6.60. The quantitative estimate of drug-likeness (QED) is 0.762. The van der Waals surface area contributed by atoms with Crippen LogP contribution in [0.3, 0.4) is 0 Å². The Morgan fingerprint density at radius 1 is 1.08 bits per heavy atom. The van der Waals surface area contributed by atoms with Gasteiger partial charge in [-0.3, -0.25) is 4.79 Å². The molecule has 1 aromatic heterocycles. The fraction of sp³-hybridized carbons (Fsp3) is 0.200.